The van der Waals surface area contributed by atoms with Crippen molar-refractivity contribution in [2.75, 3.05) is 13.7 Å². The first-order valence-corrected chi connectivity index (χ1v) is 6.87. The second-order valence-electron chi connectivity index (χ2n) is 4.51. The van der Waals surface area contributed by atoms with Crippen LogP contribution < -0.4 is 10.1 Å². The fourth-order valence-electron chi connectivity index (χ4n) is 1.42. The van der Waals surface area contributed by atoms with E-state index in [1.165, 1.54) is 0 Å². The maximum absolute atomic E-state index is 9.59. The van der Waals surface area contributed by atoms with Gasteiger partial charge in [0.2, 0.25) is 0 Å². The van der Waals surface area contributed by atoms with E-state index >= 15 is 0 Å². The predicted octanol–water partition coefficient (Wildman–Crippen LogP) is 3.08. The van der Waals surface area contributed by atoms with E-state index in [0.717, 1.165) is 20.3 Å². The van der Waals surface area contributed by atoms with Crippen molar-refractivity contribution in [3.05, 3.63) is 26.6 Å². The number of hydrogen-bond acceptors (Lipinski definition) is 3. The first-order valence-electron chi connectivity index (χ1n) is 5.28. The molecule has 0 heterocycles. The van der Waals surface area contributed by atoms with E-state index in [0.29, 0.717) is 13.1 Å². The second kappa shape index (κ2) is 6.18. The quantitative estimate of drug-likeness (QED) is 0.841. The van der Waals surface area contributed by atoms with E-state index < -0.39 is 5.60 Å². The summed E-state index contributed by atoms with van der Waals surface area (Å²) < 4.78 is 7.06. The highest BCUT2D eigenvalue weighted by molar-refractivity contribution is 9.11. The Balaban J connectivity index is 2.67. The van der Waals surface area contributed by atoms with Crippen LogP contribution in [0, 0.1) is 0 Å². The molecule has 1 aromatic carbocycles. The van der Waals surface area contributed by atoms with Gasteiger partial charge in [0.05, 0.1) is 21.7 Å². The van der Waals surface area contributed by atoms with Gasteiger partial charge in [0, 0.05) is 13.1 Å². The zero-order chi connectivity index (χ0) is 13.1. The van der Waals surface area contributed by atoms with Gasteiger partial charge in [-0.1, -0.05) is 0 Å². The van der Waals surface area contributed by atoms with Crippen molar-refractivity contribution in [1.82, 2.24) is 5.32 Å². The molecule has 17 heavy (non-hydrogen) atoms. The summed E-state index contributed by atoms with van der Waals surface area (Å²) in [5.41, 5.74) is 0.426. The van der Waals surface area contributed by atoms with Crippen molar-refractivity contribution in [2.24, 2.45) is 0 Å². The minimum Gasteiger partial charge on any atom is -0.494 e. The summed E-state index contributed by atoms with van der Waals surface area (Å²) in [7, 11) is 1.64. The molecule has 0 saturated heterocycles. The molecule has 0 saturated carbocycles. The monoisotopic (exact) mass is 365 g/mol. The number of methoxy groups -OCH3 is 1. The summed E-state index contributed by atoms with van der Waals surface area (Å²) in [6.07, 6.45) is 0. The third-order valence-corrected chi connectivity index (χ3v) is 3.33. The van der Waals surface area contributed by atoms with Crippen molar-refractivity contribution in [3.63, 3.8) is 0 Å². The zero-order valence-corrected chi connectivity index (χ0v) is 13.4. The second-order valence-corrected chi connectivity index (χ2v) is 6.22. The molecule has 0 spiro atoms. The average molecular weight is 367 g/mol. The SMILES string of the molecule is COc1c(Br)cc(CNCC(C)(C)O)cc1Br. The van der Waals surface area contributed by atoms with Gasteiger partial charge in [0.15, 0.2) is 0 Å². The van der Waals surface area contributed by atoms with Crippen molar-refractivity contribution >= 4 is 31.9 Å². The molecule has 0 amide bonds. The van der Waals surface area contributed by atoms with Crippen LogP contribution in [0.5, 0.6) is 5.75 Å². The van der Waals surface area contributed by atoms with Gasteiger partial charge < -0.3 is 15.2 Å². The maximum atomic E-state index is 9.59. The molecule has 3 nitrogen and oxygen atoms in total. The fourth-order valence-corrected chi connectivity index (χ4v) is 3.03. The summed E-state index contributed by atoms with van der Waals surface area (Å²) in [5, 5.41) is 12.8. The number of hydrogen-bond donors (Lipinski definition) is 2. The van der Waals surface area contributed by atoms with Crippen molar-refractivity contribution in [1.29, 1.82) is 0 Å². The van der Waals surface area contributed by atoms with Crippen molar-refractivity contribution in [2.45, 2.75) is 26.0 Å². The molecule has 0 radical (unpaired) electrons. The van der Waals surface area contributed by atoms with Gasteiger partial charge in [-0.05, 0) is 63.4 Å². The number of aliphatic hydroxyl groups is 1. The Bertz CT molecular complexity index is 366. The highest BCUT2D eigenvalue weighted by Crippen LogP contribution is 2.34. The highest BCUT2D eigenvalue weighted by atomic mass is 79.9. The zero-order valence-electron chi connectivity index (χ0n) is 10.2. The molecule has 2 N–H and O–H groups in total. The molecular weight excluding hydrogens is 350 g/mol. The molecule has 0 fully saturated rings. The van der Waals surface area contributed by atoms with Gasteiger partial charge in [0.25, 0.3) is 0 Å². The molecule has 0 aliphatic carbocycles. The number of halogens is 2. The minimum absolute atomic E-state index is 0.550. The predicted molar refractivity (Wildman–Crippen MR) is 76.4 cm³/mol. The number of rotatable bonds is 5. The molecule has 1 rings (SSSR count). The smallest absolute Gasteiger partial charge is 0.147 e. The number of benzene rings is 1. The van der Waals surface area contributed by atoms with Crippen LogP contribution in [0.15, 0.2) is 21.1 Å². The normalized spacial score (nSPS) is 11.6. The Morgan fingerprint density at radius 2 is 1.82 bits per heavy atom. The van der Waals surface area contributed by atoms with Gasteiger partial charge >= 0.3 is 0 Å². The topological polar surface area (TPSA) is 41.5 Å². The first-order chi connectivity index (χ1) is 7.83. The molecule has 0 aliphatic heterocycles. The Morgan fingerprint density at radius 1 is 1.29 bits per heavy atom. The van der Waals surface area contributed by atoms with E-state index in [9.17, 15) is 5.11 Å². The number of ether oxygens (including phenoxy) is 1. The molecule has 96 valence electrons. The summed E-state index contributed by atoms with van der Waals surface area (Å²) >= 11 is 6.91. The van der Waals surface area contributed by atoms with Crippen LogP contribution in [0.1, 0.15) is 19.4 Å². The van der Waals surface area contributed by atoms with E-state index in [1.807, 2.05) is 12.1 Å². The van der Waals surface area contributed by atoms with Crippen LogP contribution >= 0.6 is 31.9 Å². The fraction of sp³-hybridized carbons (Fsp3) is 0.500. The summed E-state index contributed by atoms with van der Waals surface area (Å²) in [4.78, 5) is 0. The van der Waals surface area contributed by atoms with Gasteiger partial charge in [-0.2, -0.15) is 0 Å². The summed E-state index contributed by atoms with van der Waals surface area (Å²) in [5.74, 6) is 0.788. The Labute approximate surface area is 119 Å². The van der Waals surface area contributed by atoms with E-state index in [4.69, 9.17) is 4.74 Å². The third-order valence-electron chi connectivity index (χ3n) is 2.15. The molecule has 0 bridgehead atoms. The number of nitrogens with one attached hydrogen (secondary N) is 1. The lowest BCUT2D eigenvalue weighted by Gasteiger charge is -2.18. The lowest BCUT2D eigenvalue weighted by molar-refractivity contribution is 0.0795. The maximum Gasteiger partial charge on any atom is 0.147 e. The molecule has 5 heteroatoms. The van der Waals surface area contributed by atoms with E-state index in [-0.39, 0.29) is 0 Å². The molecule has 0 atom stereocenters. The summed E-state index contributed by atoms with van der Waals surface area (Å²) in [6.45, 7) is 4.80. The minimum atomic E-state index is -0.694. The molecular formula is C12H17Br2NO2. The van der Waals surface area contributed by atoms with Gasteiger partial charge in [-0.25, -0.2) is 0 Å². The summed E-state index contributed by atoms with van der Waals surface area (Å²) in [6, 6.07) is 4.00. The van der Waals surface area contributed by atoms with Gasteiger partial charge in [0.1, 0.15) is 5.75 Å². The molecule has 1 aromatic rings. The molecule has 0 aromatic heterocycles. The molecule has 0 aliphatic rings. The van der Waals surface area contributed by atoms with Crippen LogP contribution in [0.3, 0.4) is 0 Å². The van der Waals surface area contributed by atoms with Crippen LogP contribution in [0.25, 0.3) is 0 Å². The Hall–Kier alpha value is -0.100. The van der Waals surface area contributed by atoms with E-state index in [2.05, 4.69) is 37.2 Å². The van der Waals surface area contributed by atoms with Crippen LogP contribution in [-0.4, -0.2) is 24.4 Å². The third kappa shape index (κ3) is 4.95. The van der Waals surface area contributed by atoms with E-state index in [1.54, 1.807) is 21.0 Å². The molecule has 0 unspecified atom stereocenters. The highest BCUT2D eigenvalue weighted by Gasteiger charge is 2.12. The average Bonchev–Trinajstić information content (AvgIpc) is 2.15. The lowest BCUT2D eigenvalue weighted by Crippen LogP contribution is -2.34. The Kier molecular flexibility index (Phi) is 5.44. The van der Waals surface area contributed by atoms with Crippen LogP contribution in [0.4, 0.5) is 0 Å². The lowest BCUT2D eigenvalue weighted by atomic mass is 10.1. The first kappa shape index (κ1) is 15.0. The van der Waals surface area contributed by atoms with Crippen LogP contribution in [-0.2, 0) is 6.54 Å². The Morgan fingerprint density at radius 3 is 2.24 bits per heavy atom. The van der Waals surface area contributed by atoms with Gasteiger partial charge in [-0.3, -0.25) is 0 Å². The van der Waals surface area contributed by atoms with Gasteiger partial charge in [-0.15, -0.1) is 0 Å². The van der Waals surface area contributed by atoms with Crippen LogP contribution in [0.2, 0.25) is 0 Å². The van der Waals surface area contributed by atoms with Crippen molar-refractivity contribution in [3.8, 4) is 5.75 Å². The van der Waals surface area contributed by atoms with Crippen molar-refractivity contribution < 1.29 is 9.84 Å². The standard InChI is InChI=1S/C12H17Br2NO2/c1-12(2,16)7-15-6-8-4-9(13)11(17-3)10(14)5-8/h4-5,15-16H,6-7H2,1-3H3. The largest absolute Gasteiger partial charge is 0.494 e.